The summed E-state index contributed by atoms with van der Waals surface area (Å²) in [7, 11) is -1.36. The predicted molar refractivity (Wildman–Crippen MR) is 164 cm³/mol. The van der Waals surface area contributed by atoms with E-state index in [-0.39, 0.29) is 34.8 Å². The predicted octanol–water partition coefficient (Wildman–Crippen LogP) is 4.85. The smallest absolute Gasteiger partial charge is 0.264 e. The van der Waals surface area contributed by atoms with Crippen molar-refractivity contribution in [3.8, 4) is 11.5 Å². The van der Waals surface area contributed by atoms with Gasteiger partial charge in [-0.05, 0) is 63.9 Å². The molecule has 42 heavy (non-hydrogen) atoms. The highest BCUT2D eigenvalue weighted by atomic mass is 32.2. The molecule has 226 valence electrons. The molecule has 0 aromatic heterocycles. The minimum atomic E-state index is -4.26. The molecular weight excluding hydrogens is 554 g/mol. The van der Waals surface area contributed by atoms with E-state index in [0.29, 0.717) is 12.2 Å². The van der Waals surface area contributed by atoms with Gasteiger partial charge < -0.3 is 19.7 Å². The number of sulfonamides is 1. The van der Waals surface area contributed by atoms with Gasteiger partial charge in [-0.3, -0.25) is 13.9 Å². The van der Waals surface area contributed by atoms with Gasteiger partial charge in [-0.1, -0.05) is 54.4 Å². The molecule has 2 amide bonds. The van der Waals surface area contributed by atoms with Gasteiger partial charge in [0.2, 0.25) is 11.8 Å². The van der Waals surface area contributed by atoms with Crippen molar-refractivity contribution in [2.75, 3.05) is 25.1 Å². The number of nitrogens with zero attached hydrogens (tertiary/aromatic N) is 2. The number of ether oxygens (including phenoxy) is 2. The number of rotatable bonds is 13. The van der Waals surface area contributed by atoms with E-state index in [4.69, 9.17) is 9.47 Å². The van der Waals surface area contributed by atoms with E-state index in [1.165, 1.54) is 37.3 Å². The molecule has 0 saturated carbocycles. The Bertz CT molecular complexity index is 1490. The third kappa shape index (κ3) is 7.82. The van der Waals surface area contributed by atoms with Gasteiger partial charge in [0.05, 0.1) is 24.8 Å². The maximum Gasteiger partial charge on any atom is 0.264 e. The van der Waals surface area contributed by atoms with Crippen LogP contribution in [0.3, 0.4) is 0 Å². The van der Waals surface area contributed by atoms with Crippen LogP contribution in [0.2, 0.25) is 0 Å². The van der Waals surface area contributed by atoms with E-state index in [1.807, 2.05) is 58.9 Å². The Morgan fingerprint density at radius 2 is 1.60 bits per heavy atom. The summed E-state index contributed by atoms with van der Waals surface area (Å²) in [5, 5.41) is 2.90. The Hall–Kier alpha value is -4.05. The van der Waals surface area contributed by atoms with Crippen LogP contribution in [0.1, 0.15) is 43.9 Å². The lowest BCUT2D eigenvalue weighted by Crippen LogP contribution is -2.53. The summed E-state index contributed by atoms with van der Waals surface area (Å²) < 4.78 is 40.3. The monoisotopic (exact) mass is 595 g/mol. The number of carbonyl (C=O) groups excluding carboxylic acids is 2. The Kier molecular flexibility index (Phi) is 11.0. The topological polar surface area (TPSA) is 105 Å². The van der Waals surface area contributed by atoms with Crippen LogP contribution >= 0.6 is 0 Å². The molecule has 0 aliphatic carbocycles. The third-order valence-electron chi connectivity index (χ3n) is 6.79. The molecule has 3 aromatic rings. The standard InChI is InChI=1S/C32H41N3O6S/c1-8-28(32(37)33-22(2)3)34(20-25-11-9-10-24(5)18-25)31(36)21-35(29-19-26(40-6)14-17-30(29)41-7)42(38,39)27-15-12-23(4)13-16-27/h9-19,22,28H,8,20-21H2,1-7H3,(H,33,37)/t28-/m0/s1. The summed E-state index contributed by atoms with van der Waals surface area (Å²) in [4.78, 5) is 29.0. The normalized spacial score (nSPS) is 12.0. The molecule has 9 nitrogen and oxygen atoms in total. The van der Waals surface area contributed by atoms with Gasteiger partial charge in [-0.2, -0.15) is 0 Å². The van der Waals surface area contributed by atoms with Gasteiger partial charge in [0.15, 0.2) is 0 Å². The number of benzene rings is 3. The van der Waals surface area contributed by atoms with Gasteiger partial charge in [-0.25, -0.2) is 8.42 Å². The highest BCUT2D eigenvalue weighted by molar-refractivity contribution is 7.92. The summed E-state index contributed by atoms with van der Waals surface area (Å²) in [5.41, 5.74) is 2.86. The molecule has 3 aromatic carbocycles. The molecule has 0 fully saturated rings. The van der Waals surface area contributed by atoms with Gasteiger partial charge >= 0.3 is 0 Å². The second-order valence-corrected chi connectivity index (χ2v) is 12.3. The maximum absolute atomic E-state index is 14.3. The SMILES string of the molecule is CC[C@@H](C(=O)NC(C)C)N(Cc1cccc(C)c1)C(=O)CN(c1cc(OC)ccc1OC)S(=O)(=O)c1ccc(C)cc1. The molecule has 0 bridgehead atoms. The van der Waals surface area contributed by atoms with Crippen LogP contribution in [0.15, 0.2) is 71.6 Å². The first-order valence-electron chi connectivity index (χ1n) is 13.9. The number of hydrogen-bond donors (Lipinski definition) is 1. The van der Waals surface area contributed by atoms with Crippen molar-refractivity contribution in [1.82, 2.24) is 10.2 Å². The molecule has 10 heteroatoms. The van der Waals surface area contributed by atoms with Crippen molar-refractivity contribution < 1.29 is 27.5 Å². The van der Waals surface area contributed by atoms with E-state index >= 15 is 0 Å². The molecule has 1 atom stereocenters. The second kappa shape index (κ2) is 14.2. The highest BCUT2D eigenvalue weighted by Crippen LogP contribution is 2.36. The van der Waals surface area contributed by atoms with Crippen molar-refractivity contribution in [2.24, 2.45) is 0 Å². The molecule has 0 unspecified atom stereocenters. The molecule has 3 rings (SSSR count). The fraction of sp³-hybridized carbons (Fsp3) is 0.375. The van der Waals surface area contributed by atoms with Crippen LogP contribution in [-0.4, -0.2) is 58.0 Å². The van der Waals surface area contributed by atoms with Crippen LogP contribution in [0.4, 0.5) is 5.69 Å². The summed E-state index contributed by atoms with van der Waals surface area (Å²) >= 11 is 0. The number of hydrogen-bond acceptors (Lipinski definition) is 6. The third-order valence-corrected chi connectivity index (χ3v) is 8.57. The number of nitrogens with one attached hydrogen (secondary N) is 1. The number of carbonyl (C=O) groups is 2. The first-order chi connectivity index (χ1) is 19.9. The number of methoxy groups -OCH3 is 2. The zero-order valence-electron chi connectivity index (χ0n) is 25.4. The fourth-order valence-electron chi connectivity index (χ4n) is 4.65. The zero-order valence-corrected chi connectivity index (χ0v) is 26.2. The van der Waals surface area contributed by atoms with Crippen molar-refractivity contribution in [1.29, 1.82) is 0 Å². The van der Waals surface area contributed by atoms with E-state index in [2.05, 4.69) is 5.32 Å². The summed E-state index contributed by atoms with van der Waals surface area (Å²) in [6, 6.07) is 17.9. The van der Waals surface area contributed by atoms with Crippen molar-refractivity contribution >= 4 is 27.5 Å². The number of amides is 2. The van der Waals surface area contributed by atoms with Crippen molar-refractivity contribution in [2.45, 2.75) is 64.6 Å². The summed E-state index contributed by atoms with van der Waals surface area (Å²) in [6.07, 6.45) is 0.337. The molecular formula is C32H41N3O6S. The lowest BCUT2D eigenvalue weighted by atomic mass is 10.1. The fourth-order valence-corrected chi connectivity index (χ4v) is 6.07. The number of anilines is 1. The Balaban J connectivity index is 2.16. The van der Waals surface area contributed by atoms with E-state index in [9.17, 15) is 18.0 Å². The van der Waals surface area contributed by atoms with E-state index < -0.39 is 28.5 Å². The second-order valence-electron chi connectivity index (χ2n) is 10.5. The molecule has 1 N–H and O–H groups in total. The average Bonchev–Trinajstić information content (AvgIpc) is 2.95. The average molecular weight is 596 g/mol. The molecule has 0 aliphatic rings. The summed E-state index contributed by atoms with van der Waals surface area (Å²) in [6.45, 7) is 8.88. The zero-order chi connectivity index (χ0) is 31.0. The summed E-state index contributed by atoms with van der Waals surface area (Å²) in [5.74, 6) is -0.209. The maximum atomic E-state index is 14.3. The molecule has 0 radical (unpaired) electrons. The van der Waals surface area contributed by atoms with Crippen LogP contribution < -0.4 is 19.1 Å². The molecule has 0 spiro atoms. The van der Waals surface area contributed by atoms with Crippen LogP contribution in [-0.2, 0) is 26.2 Å². The van der Waals surface area contributed by atoms with Crippen LogP contribution in [0.25, 0.3) is 0 Å². The first kappa shape index (κ1) is 32.5. The van der Waals surface area contributed by atoms with Crippen molar-refractivity contribution in [3.05, 3.63) is 83.4 Å². The Morgan fingerprint density at radius 3 is 2.17 bits per heavy atom. The largest absolute Gasteiger partial charge is 0.497 e. The quantitative estimate of drug-likeness (QED) is 0.303. The van der Waals surface area contributed by atoms with Gasteiger partial charge in [-0.15, -0.1) is 0 Å². The van der Waals surface area contributed by atoms with Crippen molar-refractivity contribution in [3.63, 3.8) is 0 Å². The minimum Gasteiger partial charge on any atom is -0.497 e. The Morgan fingerprint density at radius 1 is 0.905 bits per heavy atom. The van der Waals surface area contributed by atoms with Gasteiger partial charge in [0, 0.05) is 18.7 Å². The van der Waals surface area contributed by atoms with Crippen LogP contribution in [0, 0.1) is 13.8 Å². The van der Waals surface area contributed by atoms with E-state index in [1.54, 1.807) is 24.3 Å². The van der Waals surface area contributed by atoms with Gasteiger partial charge in [0.25, 0.3) is 10.0 Å². The van der Waals surface area contributed by atoms with Crippen LogP contribution in [0.5, 0.6) is 11.5 Å². The lowest BCUT2D eigenvalue weighted by molar-refractivity contribution is -0.140. The lowest BCUT2D eigenvalue weighted by Gasteiger charge is -2.34. The minimum absolute atomic E-state index is 0.0144. The molecule has 0 heterocycles. The number of aryl methyl sites for hydroxylation is 2. The molecule has 0 aliphatic heterocycles. The first-order valence-corrected chi connectivity index (χ1v) is 15.3. The highest BCUT2D eigenvalue weighted by Gasteiger charge is 2.35. The molecule has 0 saturated heterocycles. The van der Waals surface area contributed by atoms with E-state index in [0.717, 1.165) is 21.0 Å². The Labute approximate surface area is 249 Å². The van der Waals surface area contributed by atoms with Gasteiger partial charge in [0.1, 0.15) is 24.1 Å².